The van der Waals surface area contributed by atoms with Crippen molar-refractivity contribution < 1.29 is 9.90 Å². The number of rotatable bonds is 4. The van der Waals surface area contributed by atoms with Gasteiger partial charge in [0.25, 0.3) is 0 Å². The average Bonchev–Trinajstić information content (AvgIpc) is 2.61. The summed E-state index contributed by atoms with van der Waals surface area (Å²) in [5.74, 6) is -0.246. The lowest BCUT2D eigenvalue weighted by Crippen LogP contribution is -2.19. The average molecular weight is 247 g/mol. The molecule has 1 aromatic heterocycles. The molecule has 0 spiro atoms. The topological polar surface area (TPSA) is 67.2 Å². The number of hydrogen-bond donors (Lipinski definition) is 2. The quantitative estimate of drug-likeness (QED) is 0.867. The summed E-state index contributed by atoms with van der Waals surface area (Å²) in [6, 6.07) is 5.87. The Morgan fingerprint density at radius 1 is 1.56 bits per heavy atom. The monoisotopic (exact) mass is 247 g/mol. The van der Waals surface area contributed by atoms with Crippen molar-refractivity contribution in [2.24, 2.45) is 13.0 Å². The van der Waals surface area contributed by atoms with Gasteiger partial charge in [0, 0.05) is 19.3 Å². The molecule has 0 aliphatic carbocycles. The van der Waals surface area contributed by atoms with E-state index in [0.29, 0.717) is 6.54 Å². The Hall–Kier alpha value is -2.04. The van der Waals surface area contributed by atoms with Gasteiger partial charge < -0.3 is 15.0 Å². The molecule has 2 aromatic rings. The Morgan fingerprint density at radius 2 is 2.28 bits per heavy atom. The molecule has 0 amide bonds. The summed E-state index contributed by atoms with van der Waals surface area (Å²) in [4.78, 5) is 15.2. The number of benzene rings is 1. The molecule has 1 heterocycles. The van der Waals surface area contributed by atoms with E-state index in [1.165, 1.54) is 0 Å². The lowest BCUT2D eigenvalue weighted by molar-refractivity contribution is -0.140. The standard InChI is InChI=1S/C13H17N3O2/c1-8(13(17)18)7-14-10-4-5-12-11(6-10)15-9(2)16(12)3/h4-6,8,14H,7H2,1-3H3,(H,17,18). The second-order valence-corrected chi connectivity index (χ2v) is 4.54. The highest BCUT2D eigenvalue weighted by Crippen LogP contribution is 2.19. The molecule has 96 valence electrons. The van der Waals surface area contributed by atoms with Crippen molar-refractivity contribution in [3.8, 4) is 0 Å². The lowest BCUT2D eigenvalue weighted by Gasteiger charge is -2.09. The summed E-state index contributed by atoms with van der Waals surface area (Å²) >= 11 is 0. The first kappa shape index (κ1) is 12.4. The minimum absolute atomic E-state index is 0.409. The van der Waals surface area contributed by atoms with E-state index in [2.05, 4.69) is 10.3 Å². The molecule has 0 bridgehead atoms. The first-order valence-electron chi connectivity index (χ1n) is 5.89. The maximum atomic E-state index is 10.7. The van der Waals surface area contributed by atoms with Crippen LogP contribution in [0.5, 0.6) is 0 Å². The summed E-state index contributed by atoms with van der Waals surface area (Å²) in [6.07, 6.45) is 0. The predicted octanol–water partition coefficient (Wildman–Crippen LogP) is 2.01. The second kappa shape index (κ2) is 4.68. The smallest absolute Gasteiger partial charge is 0.308 e. The molecular formula is C13H17N3O2. The highest BCUT2D eigenvalue weighted by atomic mass is 16.4. The first-order valence-corrected chi connectivity index (χ1v) is 5.89. The highest BCUT2D eigenvalue weighted by molar-refractivity contribution is 5.80. The van der Waals surface area contributed by atoms with Crippen molar-refractivity contribution in [1.29, 1.82) is 0 Å². The van der Waals surface area contributed by atoms with Gasteiger partial charge in [-0.25, -0.2) is 4.98 Å². The van der Waals surface area contributed by atoms with Crippen LogP contribution in [0.15, 0.2) is 18.2 Å². The van der Waals surface area contributed by atoms with Gasteiger partial charge in [-0.3, -0.25) is 4.79 Å². The molecular weight excluding hydrogens is 230 g/mol. The molecule has 0 aliphatic rings. The van der Waals surface area contributed by atoms with Crippen LogP contribution in [0.2, 0.25) is 0 Å². The van der Waals surface area contributed by atoms with Gasteiger partial charge in [-0.1, -0.05) is 6.92 Å². The predicted molar refractivity (Wildman–Crippen MR) is 70.7 cm³/mol. The van der Waals surface area contributed by atoms with E-state index in [0.717, 1.165) is 22.5 Å². The molecule has 0 radical (unpaired) electrons. The number of imidazole rings is 1. The molecule has 1 aromatic carbocycles. The number of carboxylic acids is 1. The van der Waals surface area contributed by atoms with Gasteiger partial charge in [-0.2, -0.15) is 0 Å². The summed E-state index contributed by atoms with van der Waals surface area (Å²) in [5.41, 5.74) is 2.89. The summed E-state index contributed by atoms with van der Waals surface area (Å²) in [6.45, 7) is 4.05. The largest absolute Gasteiger partial charge is 0.481 e. The maximum absolute atomic E-state index is 10.7. The molecule has 1 unspecified atom stereocenters. The molecule has 18 heavy (non-hydrogen) atoms. The maximum Gasteiger partial charge on any atom is 0.308 e. The molecule has 1 atom stereocenters. The third kappa shape index (κ3) is 2.30. The van der Waals surface area contributed by atoms with Gasteiger partial charge in [0.1, 0.15) is 5.82 Å². The Kier molecular flexibility index (Phi) is 3.23. The minimum atomic E-state index is -0.794. The van der Waals surface area contributed by atoms with Crippen LogP contribution in [-0.2, 0) is 11.8 Å². The zero-order valence-electron chi connectivity index (χ0n) is 10.8. The number of nitrogens with one attached hydrogen (secondary N) is 1. The minimum Gasteiger partial charge on any atom is -0.481 e. The number of hydrogen-bond acceptors (Lipinski definition) is 3. The number of carboxylic acid groups (broad SMARTS) is 1. The Balaban J connectivity index is 2.18. The summed E-state index contributed by atoms with van der Waals surface area (Å²) < 4.78 is 2.03. The molecule has 0 saturated carbocycles. The van der Waals surface area contributed by atoms with E-state index in [9.17, 15) is 4.79 Å². The van der Waals surface area contributed by atoms with E-state index in [1.807, 2.05) is 36.7 Å². The Labute approximate surface area is 105 Å². The second-order valence-electron chi connectivity index (χ2n) is 4.54. The molecule has 5 nitrogen and oxygen atoms in total. The highest BCUT2D eigenvalue weighted by Gasteiger charge is 2.10. The van der Waals surface area contributed by atoms with E-state index < -0.39 is 11.9 Å². The van der Waals surface area contributed by atoms with E-state index in [-0.39, 0.29) is 0 Å². The van der Waals surface area contributed by atoms with Gasteiger partial charge in [-0.15, -0.1) is 0 Å². The number of carbonyl (C=O) groups is 1. The van der Waals surface area contributed by atoms with Crippen LogP contribution in [-0.4, -0.2) is 27.2 Å². The summed E-state index contributed by atoms with van der Waals surface area (Å²) in [5, 5.41) is 11.9. The summed E-state index contributed by atoms with van der Waals surface area (Å²) in [7, 11) is 1.98. The molecule has 0 aliphatic heterocycles. The molecule has 2 N–H and O–H groups in total. The number of aryl methyl sites for hydroxylation is 2. The zero-order chi connectivity index (χ0) is 13.3. The van der Waals surface area contributed by atoms with Crippen LogP contribution in [0.25, 0.3) is 11.0 Å². The van der Waals surface area contributed by atoms with E-state index >= 15 is 0 Å². The van der Waals surface area contributed by atoms with Gasteiger partial charge in [0.2, 0.25) is 0 Å². The van der Waals surface area contributed by atoms with Gasteiger partial charge in [-0.05, 0) is 25.1 Å². The van der Waals surface area contributed by atoms with Crippen LogP contribution in [0.3, 0.4) is 0 Å². The first-order chi connectivity index (χ1) is 8.49. The zero-order valence-corrected chi connectivity index (χ0v) is 10.8. The van der Waals surface area contributed by atoms with E-state index in [1.54, 1.807) is 6.92 Å². The fourth-order valence-electron chi connectivity index (χ4n) is 1.79. The van der Waals surface area contributed by atoms with Crippen molar-refractivity contribution >= 4 is 22.7 Å². The van der Waals surface area contributed by atoms with Gasteiger partial charge in [0.05, 0.1) is 17.0 Å². The van der Waals surface area contributed by atoms with Crippen LogP contribution in [0.4, 0.5) is 5.69 Å². The molecule has 0 fully saturated rings. The van der Waals surface area contributed by atoms with Gasteiger partial charge in [0.15, 0.2) is 0 Å². The van der Waals surface area contributed by atoms with Crippen LogP contribution in [0.1, 0.15) is 12.7 Å². The van der Waals surface area contributed by atoms with E-state index in [4.69, 9.17) is 5.11 Å². The molecule has 2 rings (SSSR count). The Morgan fingerprint density at radius 3 is 2.94 bits per heavy atom. The fourth-order valence-corrected chi connectivity index (χ4v) is 1.79. The number of anilines is 1. The van der Waals surface area contributed by atoms with Crippen molar-refractivity contribution in [2.45, 2.75) is 13.8 Å². The molecule has 0 saturated heterocycles. The number of fused-ring (bicyclic) bond motifs is 1. The van der Waals surface area contributed by atoms with Crippen molar-refractivity contribution in [1.82, 2.24) is 9.55 Å². The fraction of sp³-hybridized carbons (Fsp3) is 0.385. The van der Waals surface area contributed by atoms with Gasteiger partial charge >= 0.3 is 5.97 Å². The van der Waals surface area contributed by atoms with Crippen LogP contribution < -0.4 is 5.32 Å². The third-order valence-corrected chi connectivity index (χ3v) is 3.14. The van der Waals surface area contributed by atoms with Crippen LogP contribution in [0, 0.1) is 12.8 Å². The number of aliphatic carboxylic acids is 1. The molecule has 5 heteroatoms. The van der Waals surface area contributed by atoms with Crippen LogP contribution >= 0.6 is 0 Å². The van der Waals surface area contributed by atoms with Crippen molar-refractivity contribution in [3.63, 3.8) is 0 Å². The Bertz CT molecular complexity index is 589. The normalized spacial score (nSPS) is 12.6. The SMILES string of the molecule is Cc1nc2cc(NCC(C)C(=O)O)ccc2n1C. The lowest BCUT2D eigenvalue weighted by atomic mass is 10.2. The van der Waals surface area contributed by atoms with Crippen molar-refractivity contribution in [3.05, 3.63) is 24.0 Å². The number of aromatic nitrogens is 2. The van der Waals surface area contributed by atoms with Crippen molar-refractivity contribution in [2.75, 3.05) is 11.9 Å². The third-order valence-electron chi connectivity index (χ3n) is 3.14. The number of nitrogens with zero attached hydrogens (tertiary/aromatic N) is 2.